The number of esters is 1. The molecule has 0 spiro atoms. The topological polar surface area (TPSA) is 26.3 Å². The Bertz CT molecular complexity index is 746. The first-order valence-corrected chi connectivity index (χ1v) is 13.2. The molecule has 0 saturated heterocycles. The van der Waals surface area contributed by atoms with Crippen molar-refractivity contribution >= 4 is 5.97 Å². The number of ether oxygens (including phenoxy) is 1. The van der Waals surface area contributed by atoms with Gasteiger partial charge in [0, 0.05) is 13.3 Å². The number of carbonyl (C=O) groups excluding carboxylic acids is 1. The Morgan fingerprint density at radius 1 is 1.10 bits per heavy atom. The van der Waals surface area contributed by atoms with Gasteiger partial charge in [-0.2, -0.15) is 0 Å². The van der Waals surface area contributed by atoms with Crippen molar-refractivity contribution < 1.29 is 9.53 Å². The van der Waals surface area contributed by atoms with E-state index >= 15 is 0 Å². The summed E-state index contributed by atoms with van der Waals surface area (Å²) in [6.07, 6.45) is 17.9. The fourth-order valence-electron chi connectivity index (χ4n) is 8.59. The van der Waals surface area contributed by atoms with Crippen molar-refractivity contribution in [3.8, 4) is 0 Å². The monoisotopic (exact) mass is 426 g/mol. The average Bonchev–Trinajstić information content (AvgIpc) is 3.05. The molecule has 4 aliphatic carbocycles. The summed E-state index contributed by atoms with van der Waals surface area (Å²) >= 11 is 0. The largest absolute Gasteiger partial charge is 0.431 e. The molecule has 2 nitrogen and oxygen atoms in total. The number of hydrogen-bond acceptors (Lipinski definition) is 2. The lowest BCUT2D eigenvalue weighted by Crippen LogP contribution is -2.49. The first-order chi connectivity index (χ1) is 14.6. The summed E-state index contributed by atoms with van der Waals surface area (Å²) in [5.74, 6) is 5.88. The Balaban J connectivity index is 1.50. The second kappa shape index (κ2) is 8.71. The van der Waals surface area contributed by atoms with Crippen molar-refractivity contribution in [2.45, 2.75) is 106 Å². The lowest BCUT2D eigenvalue weighted by Gasteiger charge is -2.57. The molecule has 0 aromatic carbocycles. The van der Waals surface area contributed by atoms with E-state index in [2.05, 4.69) is 46.8 Å². The van der Waals surface area contributed by atoms with Gasteiger partial charge in [0.05, 0.1) is 0 Å². The highest BCUT2D eigenvalue weighted by Crippen LogP contribution is 2.67. The smallest absolute Gasteiger partial charge is 0.307 e. The number of carbonyl (C=O) groups is 1. The third kappa shape index (κ3) is 4.18. The molecule has 31 heavy (non-hydrogen) atoms. The molecule has 0 aromatic heterocycles. The molecule has 4 rings (SSSR count). The Labute approximate surface area is 191 Å². The van der Waals surface area contributed by atoms with E-state index in [-0.39, 0.29) is 11.4 Å². The maximum Gasteiger partial charge on any atom is 0.307 e. The van der Waals surface area contributed by atoms with E-state index in [1.54, 1.807) is 0 Å². The summed E-state index contributed by atoms with van der Waals surface area (Å²) in [5, 5.41) is 0. The van der Waals surface area contributed by atoms with Crippen LogP contribution in [-0.2, 0) is 9.53 Å². The summed E-state index contributed by atoms with van der Waals surface area (Å²) in [7, 11) is 0. The normalized spacial score (nSPS) is 40.4. The van der Waals surface area contributed by atoms with E-state index in [4.69, 9.17) is 4.74 Å². The lowest BCUT2D eigenvalue weighted by molar-refractivity contribution is -0.137. The Morgan fingerprint density at radius 2 is 1.87 bits per heavy atom. The second-order valence-electron chi connectivity index (χ2n) is 12.4. The van der Waals surface area contributed by atoms with E-state index in [1.807, 2.05) is 0 Å². The van der Waals surface area contributed by atoms with Gasteiger partial charge < -0.3 is 4.74 Å². The van der Waals surface area contributed by atoms with Crippen LogP contribution in [0.15, 0.2) is 23.5 Å². The third-order valence-electron chi connectivity index (χ3n) is 10.2. The van der Waals surface area contributed by atoms with Crippen molar-refractivity contribution in [3.05, 3.63) is 23.5 Å². The van der Waals surface area contributed by atoms with Gasteiger partial charge in [-0.25, -0.2) is 0 Å². The molecule has 174 valence electrons. The van der Waals surface area contributed by atoms with Crippen LogP contribution >= 0.6 is 0 Å². The summed E-state index contributed by atoms with van der Waals surface area (Å²) in [5.41, 5.74) is 2.28. The van der Waals surface area contributed by atoms with Crippen LogP contribution in [0.3, 0.4) is 0 Å². The zero-order valence-electron chi connectivity index (χ0n) is 21.0. The molecule has 7 atom stereocenters. The predicted molar refractivity (Wildman–Crippen MR) is 128 cm³/mol. The Morgan fingerprint density at radius 3 is 2.58 bits per heavy atom. The van der Waals surface area contributed by atoms with E-state index in [0.717, 1.165) is 54.1 Å². The van der Waals surface area contributed by atoms with Crippen molar-refractivity contribution in [2.75, 3.05) is 0 Å². The van der Waals surface area contributed by atoms with Gasteiger partial charge in [0.2, 0.25) is 0 Å². The van der Waals surface area contributed by atoms with Crippen molar-refractivity contribution in [1.82, 2.24) is 0 Å². The minimum Gasteiger partial charge on any atom is -0.431 e. The summed E-state index contributed by atoms with van der Waals surface area (Å²) in [6, 6.07) is 0. The van der Waals surface area contributed by atoms with E-state index in [0.29, 0.717) is 5.41 Å². The van der Waals surface area contributed by atoms with E-state index in [1.165, 1.54) is 63.9 Å². The number of hydrogen-bond donors (Lipinski definition) is 0. The molecule has 0 aromatic rings. The minimum atomic E-state index is -0.183. The van der Waals surface area contributed by atoms with Crippen LogP contribution < -0.4 is 0 Å². The summed E-state index contributed by atoms with van der Waals surface area (Å²) in [4.78, 5) is 11.4. The molecule has 0 amide bonds. The standard InChI is InChI=1S/C29H46O2/c1-19(2)8-7-9-20(3)25-12-13-26-24-11-10-22-18-23(31-21(4)30)14-16-28(22,5)27(24)15-17-29(25,26)6/h10,18-20,24-27H,7-9,11-17H2,1-6H3/t20-,24+,25-,26+,27+,28+,29-/m0/s1. The van der Waals surface area contributed by atoms with Crippen LogP contribution in [0.1, 0.15) is 106 Å². The van der Waals surface area contributed by atoms with Crippen LogP contribution in [-0.4, -0.2) is 5.97 Å². The quantitative estimate of drug-likeness (QED) is 0.401. The van der Waals surface area contributed by atoms with Crippen LogP contribution in [0.4, 0.5) is 0 Å². The molecular weight excluding hydrogens is 380 g/mol. The van der Waals surface area contributed by atoms with Crippen molar-refractivity contribution in [2.24, 2.45) is 46.3 Å². The maximum absolute atomic E-state index is 11.4. The molecule has 4 aliphatic rings. The fraction of sp³-hybridized carbons (Fsp3) is 0.828. The first-order valence-electron chi connectivity index (χ1n) is 13.2. The third-order valence-corrected chi connectivity index (χ3v) is 10.2. The number of rotatable bonds is 6. The molecule has 2 heteroatoms. The Kier molecular flexibility index (Phi) is 6.50. The van der Waals surface area contributed by atoms with Gasteiger partial charge in [-0.05, 0) is 96.5 Å². The summed E-state index contributed by atoms with van der Waals surface area (Å²) in [6.45, 7) is 14.0. The number of fused-ring (bicyclic) bond motifs is 5. The zero-order chi connectivity index (χ0) is 22.4. The molecule has 0 bridgehead atoms. The molecule has 0 aliphatic heterocycles. The lowest BCUT2D eigenvalue weighted by atomic mass is 9.47. The van der Waals surface area contributed by atoms with Gasteiger partial charge in [-0.15, -0.1) is 0 Å². The van der Waals surface area contributed by atoms with E-state index in [9.17, 15) is 4.79 Å². The molecule has 2 fully saturated rings. The van der Waals surface area contributed by atoms with Crippen LogP contribution in [0.25, 0.3) is 0 Å². The van der Waals surface area contributed by atoms with Gasteiger partial charge >= 0.3 is 5.97 Å². The van der Waals surface area contributed by atoms with Gasteiger partial charge in [0.15, 0.2) is 0 Å². The predicted octanol–water partition coefficient (Wildman–Crippen LogP) is 8.08. The molecule has 0 N–H and O–H groups in total. The molecule has 0 radical (unpaired) electrons. The minimum absolute atomic E-state index is 0.183. The van der Waals surface area contributed by atoms with Gasteiger partial charge in [-0.3, -0.25) is 4.79 Å². The maximum atomic E-state index is 11.4. The van der Waals surface area contributed by atoms with Crippen LogP contribution in [0, 0.1) is 46.3 Å². The Hall–Kier alpha value is -1.05. The second-order valence-corrected chi connectivity index (χ2v) is 12.4. The van der Waals surface area contributed by atoms with Crippen LogP contribution in [0.2, 0.25) is 0 Å². The van der Waals surface area contributed by atoms with E-state index < -0.39 is 0 Å². The molecular formula is C29H46O2. The SMILES string of the molecule is CC(=O)OC1=CC2=CC[C@@H]3[C@H]4CC[C@@H]([C@@H](C)CCCC(C)C)[C@]4(C)CC[C@H]3[C@]2(C)CC1. The van der Waals surface area contributed by atoms with Crippen molar-refractivity contribution in [3.63, 3.8) is 0 Å². The van der Waals surface area contributed by atoms with Crippen molar-refractivity contribution in [1.29, 1.82) is 0 Å². The fourth-order valence-corrected chi connectivity index (χ4v) is 8.59. The highest BCUT2D eigenvalue weighted by atomic mass is 16.5. The highest BCUT2D eigenvalue weighted by molar-refractivity contribution is 5.67. The summed E-state index contributed by atoms with van der Waals surface area (Å²) < 4.78 is 5.48. The van der Waals surface area contributed by atoms with Gasteiger partial charge in [-0.1, -0.05) is 60.0 Å². The molecule has 2 saturated carbocycles. The number of allylic oxidation sites excluding steroid dienone is 4. The zero-order valence-corrected chi connectivity index (χ0v) is 21.0. The molecule has 0 unspecified atom stereocenters. The molecule has 0 heterocycles. The van der Waals surface area contributed by atoms with Crippen LogP contribution in [0.5, 0.6) is 0 Å². The first kappa shape index (κ1) is 23.1. The van der Waals surface area contributed by atoms with Gasteiger partial charge in [0.1, 0.15) is 5.76 Å². The highest BCUT2D eigenvalue weighted by Gasteiger charge is 2.58. The van der Waals surface area contributed by atoms with Gasteiger partial charge in [0.25, 0.3) is 0 Å². The average molecular weight is 427 g/mol.